The van der Waals surface area contributed by atoms with Gasteiger partial charge in [-0.3, -0.25) is 19.3 Å². The summed E-state index contributed by atoms with van der Waals surface area (Å²) < 4.78 is 1.86. The molecule has 0 radical (unpaired) electrons. The Morgan fingerprint density at radius 3 is 2.62 bits per heavy atom. The molecule has 5 rings (SSSR count). The quantitative estimate of drug-likeness (QED) is 0.458. The lowest BCUT2D eigenvalue weighted by Crippen LogP contribution is -2.50. The molecule has 2 amide bonds. The number of nitrogens with one attached hydrogen (secondary N) is 1. The van der Waals surface area contributed by atoms with Gasteiger partial charge in [-0.15, -0.1) is 0 Å². The van der Waals surface area contributed by atoms with Gasteiger partial charge in [0.1, 0.15) is 11.5 Å². The molecule has 4 aromatic rings. The van der Waals surface area contributed by atoms with Crippen LogP contribution in [0.5, 0.6) is 0 Å². The molecule has 0 unspecified atom stereocenters. The predicted octanol–water partition coefficient (Wildman–Crippen LogP) is 3.81. The largest absolute Gasteiger partial charge is 0.327 e. The van der Waals surface area contributed by atoms with Crippen molar-refractivity contribution in [1.29, 1.82) is 0 Å². The molecule has 1 aromatic carbocycles. The number of amides is 2. The van der Waals surface area contributed by atoms with Gasteiger partial charge in [-0.1, -0.05) is 35.7 Å². The topological polar surface area (TPSA) is 93.0 Å². The van der Waals surface area contributed by atoms with Crippen molar-refractivity contribution in [3.05, 3.63) is 71.6 Å². The van der Waals surface area contributed by atoms with Crippen LogP contribution in [0, 0.1) is 11.8 Å². The molecule has 0 atom stereocenters. The first-order valence-electron chi connectivity index (χ1n) is 10.6. The standard InChI is InChI=1S/C25H19ClN6O2/c1-2-5-22(33)31-14-18(15-31)32-24-19(12-27-13-20(24)26)23(30-32)16-7-9-17(10-8-16)25(34)29-21-6-3-4-11-28-21/h3-4,6-13,18H,14-15H2,1H3,(H,28,29,34). The van der Waals surface area contributed by atoms with E-state index in [0.29, 0.717) is 35.2 Å². The summed E-state index contributed by atoms with van der Waals surface area (Å²) in [6.07, 6.45) is 4.93. The number of nitrogens with zero attached hydrogens (tertiary/aromatic N) is 5. The maximum atomic E-state index is 12.6. The van der Waals surface area contributed by atoms with Crippen LogP contribution in [0.25, 0.3) is 22.2 Å². The lowest BCUT2D eigenvalue weighted by molar-refractivity contribution is -0.130. The Balaban J connectivity index is 1.43. The van der Waals surface area contributed by atoms with Crippen LogP contribution < -0.4 is 5.32 Å². The smallest absolute Gasteiger partial charge is 0.298 e. The van der Waals surface area contributed by atoms with Crippen LogP contribution in [0.15, 0.2) is 61.1 Å². The Morgan fingerprint density at radius 1 is 1.12 bits per heavy atom. The van der Waals surface area contributed by atoms with E-state index in [1.165, 1.54) is 0 Å². The minimum absolute atomic E-state index is 0.0119. The number of hydrogen-bond donors (Lipinski definition) is 1. The van der Waals surface area contributed by atoms with Gasteiger partial charge in [-0.2, -0.15) is 5.10 Å². The van der Waals surface area contributed by atoms with Gasteiger partial charge >= 0.3 is 0 Å². The third-order valence-electron chi connectivity index (χ3n) is 5.62. The van der Waals surface area contributed by atoms with Crippen molar-refractivity contribution in [2.24, 2.45) is 0 Å². The van der Waals surface area contributed by atoms with Crippen molar-refractivity contribution in [2.75, 3.05) is 18.4 Å². The third-order valence-corrected chi connectivity index (χ3v) is 5.90. The van der Waals surface area contributed by atoms with Crippen molar-refractivity contribution in [3.8, 4) is 23.1 Å². The summed E-state index contributed by atoms with van der Waals surface area (Å²) in [6, 6.07) is 12.5. The molecule has 8 nitrogen and oxygen atoms in total. The number of pyridine rings is 2. The average Bonchev–Trinajstić information content (AvgIpc) is 3.19. The molecule has 0 bridgehead atoms. The molecule has 0 spiro atoms. The molecular formula is C25H19ClN6O2. The highest BCUT2D eigenvalue weighted by Crippen LogP contribution is 2.35. The zero-order chi connectivity index (χ0) is 23.7. The van der Waals surface area contributed by atoms with E-state index in [1.54, 1.807) is 60.7 Å². The monoisotopic (exact) mass is 470 g/mol. The van der Waals surface area contributed by atoms with Crippen molar-refractivity contribution in [1.82, 2.24) is 24.6 Å². The number of hydrogen-bond acceptors (Lipinski definition) is 5. The van der Waals surface area contributed by atoms with Gasteiger partial charge in [0.15, 0.2) is 0 Å². The maximum absolute atomic E-state index is 12.6. The second kappa shape index (κ2) is 8.96. The van der Waals surface area contributed by atoms with Gasteiger partial charge in [0.25, 0.3) is 11.8 Å². The normalized spacial score (nSPS) is 13.2. The van der Waals surface area contributed by atoms with Gasteiger partial charge < -0.3 is 10.2 Å². The third kappa shape index (κ3) is 3.98. The van der Waals surface area contributed by atoms with Crippen molar-refractivity contribution < 1.29 is 9.59 Å². The van der Waals surface area contributed by atoms with Crippen LogP contribution in [0.3, 0.4) is 0 Å². The Hall–Kier alpha value is -4.22. The molecule has 9 heteroatoms. The van der Waals surface area contributed by atoms with E-state index in [9.17, 15) is 9.59 Å². The molecule has 0 aliphatic carbocycles. The molecule has 1 fully saturated rings. The molecule has 3 aromatic heterocycles. The highest BCUT2D eigenvalue weighted by atomic mass is 35.5. The van der Waals surface area contributed by atoms with Gasteiger partial charge in [-0.25, -0.2) is 4.98 Å². The zero-order valence-corrected chi connectivity index (χ0v) is 19.0. The van der Waals surface area contributed by atoms with E-state index in [2.05, 4.69) is 27.1 Å². The van der Waals surface area contributed by atoms with Gasteiger partial charge in [0.2, 0.25) is 0 Å². The predicted molar refractivity (Wildman–Crippen MR) is 129 cm³/mol. The highest BCUT2D eigenvalue weighted by molar-refractivity contribution is 6.35. The molecule has 168 valence electrons. The first-order valence-corrected chi connectivity index (χ1v) is 11.0. The number of rotatable bonds is 4. The maximum Gasteiger partial charge on any atom is 0.298 e. The van der Waals surface area contributed by atoms with Crippen LogP contribution in [0.4, 0.5) is 5.82 Å². The average molecular weight is 471 g/mol. The van der Waals surface area contributed by atoms with Crippen molar-refractivity contribution in [2.45, 2.75) is 13.0 Å². The van der Waals surface area contributed by atoms with Gasteiger partial charge in [-0.05, 0) is 37.1 Å². The molecule has 1 aliphatic heterocycles. The fraction of sp³-hybridized carbons (Fsp3) is 0.160. The van der Waals surface area contributed by atoms with E-state index in [1.807, 2.05) is 16.8 Å². The first kappa shape index (κ1) is 21.6. The lowest BCUT2D eigenvalue weighted by Gasteiger charge is -2.38. The second-order valence-corrected chi connectivity index (χ2v) is 8.20. The number of carbonyl (C=O) groups excluding carboxylic acids is 2. The van der Waals surface area contributed by atoms with E-state index >= 15 is 0 Å². The summed E-state index contributed by atoms with van der Waals surface area (Å²) in [5, 5.41) is 8.89. The minimum atomic E-state index is -0.250. The summed E-state index contributed by atoms with van der Waals surface area (Å²) in [5.41, 5.74) is 2.80. The fourth-order valence-corrected chi connectivity index (χ4v) is 4.13. The summed E-state index contributed by atoms with van der Waals surface area (Å²) in [4.78, 5) is 34.6. The van der Waals surface area contributed by atoms with Crippen LogP contribution in [0.1, 0.15) is 23.3 Å². The van der Waals surface area contributed by atoms with Gasteiger partial charge in [0, 0.05) is 48.2 Å². The fourth-order valence-electron chi connectivity index (χ4n) is 3.89. The summed E-state index contributed by atoms with van der Waals surface area (Å²) in [5.74, 6) is 5.24. The minimum Gasteiger partial charge on any atom is -0.327 e. The number of fused-ring (bicyclic) bond motifs is 1. The van der Waals surface area contributed by atoms with Crippen LogP contribution in [-0.4, -0.2) is 49.6 Å². The molecule has 0 saturated carbocycles. The summed E-state index contributed by atoms with van der Waals surface area (Å²) in [6.45, 7) is 2.66. The summed E-state index contributed by atoms with van der Waals surface area (Å²) >= 11 is 6.50. The van der Waals surface area contributed by atoms with Gasteiger partial charge in [0.05, 0.1) is 16.6 Å². The summed E-state index contributed by atoms with van der Waals surface area (Å²) in [7, 11) is 0. The Morgan fingerprint density at radius 2 is 1.91 bits per heavy atom. The number of aromatic nitrogens is 4. The van der Waals surface area contributed by atoms with Crippen molar-refractivity contribution >= 4 is 40.1 Å². The van der Waals surface area contributed by atoms with E-state index in [4.69, 9.17) is 16.7 Å². The zero-order valence-electron chi connectivity index (χ0n) is 18.2. The van der Waals surface area contributed by atoms with E-state index in [0.717, 1.165) is 16.5 Å². The molecule has 1 aliphatic rings. The molecule has 1 saturated heterocycles. The molecular weight excluding hydrogens is 452 g/mol. The Bertz CT molecular complexity index is 1450. The van der Waals surface area contributed by atoms with E-state index < -0.39 is 0 Å². The number of anilines is 1. The number of carbonyl (C=O) groups is 2. The highest BCUT2D eigenvalue weighted by Gasteiger charge is 2.34. The number of halogens is 1. The van der Waals surface area contributed by atoms with Crippen LogP contribution in [0.2, 0.25) is 5.02 Å². The van der Waals surface area contributed by atoms with E-state index in [-0.39, 0.29) is 17.9 Å². The Kier molecular flexibility index (Phi) is 5.70. The van der Waals surface area contributed by atoms with Crippen molar-refractivity contribution in [3.63, 3.8) is 0 Å². The molecule has 1 N–H and O–H groups in total. The SMILES string of the molecule is CC#CC(=O)N1CC(n2nc(-c3ccc(C(=O)Nc4ccccn4)cc3)c3cncc(Cl)c32)C1. The first-order chi connectivity index (χ1) is 16.5. The lowest BCUT2D eigenvalue weighted by atomic mass is 10.1. The number of benzene rings is 1. The second-order valence-electron chi connectivity index (χ2n) is 7.80. The van der Waals surface area contributed by atoms with Crippen LogP contribution in [-0.2, 0) is 4.79 Å². The Labute approximate surface area is 200 Å². The molecule has 4 heterocycles. The number of likely N-dealkylation sites (tertiary alicyclic amines) is 1. The van der Waals surface area contributed by atoms with Crippen LogP contribution >= 0.6 is 11.6 Å². The molecule has 34 heavy (non-hydrogen) atoms.